The molecule has 1 aliphatic heterocycles. The number of amides is 2. The lowest BCUT2D eigenvalue weighted by atomic mass is 10.3. The van der Waals surface area contributed by atoms with Gasteiger partial charge < -0.3 is 20.5 Å². The fraction of sp³-hybridized carbons (Fsp3) is 0.364. The molecule has 1 aromatic rings. The Labute approximate surface area is 118 Å². The van der Waals surface area contributed by atoms with E-state index < -0.39 is 5.97 Å². The molecular formula is C11H14BrN3O4. The summed E-state index contributed by atoms with van der Waals surface area (Å²) < 4.78 is 5.67. The summed E-state index contributed by atoms with van der Waals surface area (Å²) >= 11 is 3.10. The Bertz CT molecular complexity index is 449. The maximum atomic E-state index is 10.4. The summed E-state index contributed by atoms with van der Waals surface area (Å²) in [4.78, 5) is 26.0. The van der Waals surface area contributed by atoms with E-state index in [0.29, 0.717) is 30.8 Å². The Morgan fingerprint density at radius 3 is 2.37 bits per heavy atom. The lowest BCUT2D eigenvalue weighted by Crippen LogP contribution is -2.43. The molecule has 0 radical (unpaired) electrons. The number of carbonyl (C=O) groups excluding carboxylic acids is 1. The topological polar surface area (TPSA) is 106 Å². The summed E-state index contributed by atoms with van der Waals surface area (Å²) in [6, 6.07) is 1.15. The highest BCUT2D eigenvalue weighted by Crippen LogP contribution is 2.08. The van der Waals surface area contributed by atoms with Gasteiger partial charge in [0, 0.05) is 30.0 Å². The second-order valence-corrected chi connectivity index (χ2v) is 4.55. The quantitative estimate of drug-likeness (QED) is 0.796. The van der Waals surface area contributed by atoms with Gasteiger partial charge in [0.25, 0.3) is 0 Å². The third-order valence-electron chi connectivity index (χ3n) is 2.27. The first-order valence-electron chi connectivity index (χ1n) is 5.46. The molecule has 3 N–H and O–H groups in total. The maximum Gasteiger partial charge on any atom is 0.337 e. The summed E-state index contributed by atoms with van der Waals surface area (Å²) in [5, 5.41) is 8.45. The molecule has 0 aliphatic carbocycles. The standard InChI is InChI=1S/C6H4BrNO2.C5H10N2O2/c7-5-1-4(6(9)10)2-8-3-5;6-5(8)7-1-3-9-4-2-7/h1-3H,(H,9,10);1-4H2,(H2,6,8). The lowest BCUT2D eigenvalue weighted by Gasteiger charge is -2.24. The molecule has 0 spiro atoms. The Balaban J connectivity index is 0.000000191. The third kappa shape index (κ3) is 5.66. The highest BCUT2D eigenvalue weighted by molar-refractivity contribution is 9.10. The van der Waals surface area contributed by atoms with E-state index in [1.807, 2.05) is 0 Å². The van der Waals surface area contributed by atoms with E-state index in [4.69, 9.17) is 15.6 Å². The van der Waals surface area contributed by atoms with Gasteiger partial charge in [-0.1, -0.05) is 0 Å². The molecule has 19 heavy (non-hydrogen) atoms. The van der Waals surface area contributed by atoms with Crippen LogP contribution in [0.15, 0.2) is 22.9 Å². The number of ether oxygens (including phenoxy) is 1. The van der Waals surface area contributed by atoms with Gasteiger partial charge in [-0.05, 0) is 22.0 Å². The fourth-order valence-electron chi connectivity index (χ4n) is 1.31. The van der Waals surface area contributed by atoms with Gasteiger partial charge in [-0.3, -0.25) is 4.98 Å². The van der Waals surface area contributed by atoms with Crippen LogP contribution in [0.1, 0.15) is 10.4 Å². The summed E-state index contributed by atoms with van der Waals surface area (Å²) in [5.74, 6) is -0.964. The number of primary amides is 1. The predicted octanol–water partition coefficient (Wildman–Crippen LogP) is 0.940. The van der Waals surface area contributed by atoms with E-state index >= 15 is 0 Å². The smallest absolute Gasteiger partial charge is 0.337 e. The number of carbonyl (C=O) groups is 2. The fourth-order valence-corrected chi connectivity index (χ4v) is 1.68. The van der Waals surface area contributed by atoms with Gasteiger partial charge >= 0.3 is 12.0 Å². The van der Waals surface area contributed by atoms with Crippen molar-refractivity contribution in [2.24, 2.45) is 5.73 Å². The van der Waals surface area contributed by atoms with Crippen LogP contribution in [0.5, 0.6) is 0 Å². The number of nitrogens with two attached hydrogens (primary N) is 1. The molecule has 2 heterocycles. The Hall–Kier alpha value is -1.67. The Morgan fingerprint density at radius 1 is 1.37 bits per heavy atom. The molecule has 1 aromatic heterocycles. The molecule has 0 atom stereocenters. The molecule has 1 aliphatic rings. The summed E-state index contributed by atoms with van der Waals surface area (Å²) in [5.41, 5.74) is 5.19. The molecule has 7 nitrogen and oxygen atoms in total. The van der Waals surface area contributed by atoms with Crippen molar-refractivity contribution in [1.82, 2.24) is 9.88 Å². The maximum absolute atomic E-state index is 10.4. The first-order chi connectivity index (χ1) is 9.00. The van der Waals surface area contributed by atoms with Crippen molar-refractivity contribution in [3.8, 4) is 0 Å². The monoisotopic (exact) mass is 331 g/mol. The van der Waals surface area contributed by atoms with Crippen molar-refractivity contribution in [3.63, 3.8) is 0 Å². The number of hydrogen-bond acceptors (Lipinski definition) is 4. The van der Waals surface area contributed by atoms with Crippen molar-refractivity contribution in [3.05, 3.63) is 28.5 Å². The van der Waals surface area contributed by atoms with Crippen molar-refractivity contribution in [1.29, 1.82) is 0 Å². The number of morpholine rings is 1. The number of halogens is 1. The minimum Gasteiger partial charge on any atom is -0.478 e. The number of carboxylic acids is 1. The number of hydrogen-bond donors (Lipinski definition) is 2. The minimum absolute atomic E-state index is 0.189. The largest absolute Gasteiger partial charge is 0.478 e. The minimum atomic E-state index is -0.964. The van der Waals surface area contributed by atoms with Crippen molar-refractivity contribution in [2.45, 2.75) is 0 Å². The van der Waals surface area contributed by atoms with Crippen molar-refractivity contribution in [2.75, 3.05) is 26.3 Å². The van der Waals surface area contributed by atoms with Gasteiger partial charge in [0.2, 0.25) is 0 Å². The van der Waals surface area contributed by atoms with Gasteiger partial charge in [0.05, 0.1) is 18.8 Å². The van der Waals surface area contributed by atoms with E-state index in [0.717, 1.165) is 0 Å². The number of aromatic carboxylic acids is 1. The highest BCUT2D eigenvalue weighted by atomic mass is 79.9. The molecule has 2 amide bonds. The number of rotatable bonds is 1. The SMILES string of the molecule is NC(=O)N1CCOCC1.O=C(O)c1cncc(Br)c1. The summed E-state index contributed by atoms with van der Waals surface area (Å²) in [7, 11) is 0. The molecule has 8 heteroatoms. The van der Waals surface area contributed by atoms with Gasteiger partial charge in [0.15, 0.2) is 0 Å². The molecule has 0 unspecified atom stereocenters. The van der Waals surface area contributed by atoms with Crippen LogP contribution in [0.4, 0.5) is 4.79 Å². The second-order valence-electron chi connectivity index (χ2n) is 3.63. The number of aromatic nitrogens is 1. The zero-order valence-electron chi connectivity index (χ0n) is 10.1. The number of urea groups is 1. The van der Waals surface area contributed by atoms with Crippen LogP contribution in [-0.2, 0) is 4.74 Å². The molecule has 0 aromatic carbocycles. The molecule has 1 fully saturated rings. The van der Waals surface area contributed by atoms with Crippen LogP contribution in [0.3, 0.4) is 0 Å². The van der Waals surface area contributed by atoms with Gasteiger partial charge in [0.1, 0.15) is 0 Å². The summed E-state index contributed by atoms with van der Waals surface area (Å²) in [6.45, 7) is 2.50. The molecule has 0 saturated carbocycles. The molecule has 2 rings (SSSR count). The van der Waals surface area contributed by atoms with Crippen LogP contribution in [0, 0.1) is 0 Å². The molecular weight excluding hydrogens is 318 g/mol. The third-order valence-corrected chi connectivity index (χ3v) is 2.71. The molecule has 104 valence electrons. The zero-order chi connectivity index (χ0) is 14.3. The Morgan fingerprint density at radius 2 is 2.00 bits per heavy atom. The second kappa shape index (κ2) is 7.70. The van der Waals surface area contributed by atoms with Crippen molar-refractivity contribution < 1.29 is 19.4 Å². The average molecular weight is 332 g/mol. The predicted molar refractivity (Wildman–Crippen MR) is 70.9 cm³/mol. The number of pyridine rings is 1. The van der Waals surface area contributed by atoms with Gasteiger partial charge in [-0.2, -0.15) is 0 Å². The first kappa shape index (κ1) is 15.4. The molecule has 1 saturated heterocycles. The lowest BCUT2D eigenvalue weighted by molar-refractivity contribution is 0.0554. The van der Waals surface area contributed by atoms with E-state index in [1.165, 1.54) is 18.5 Å². The zero-order valence-corrected chi connectivity index (χ0v) is 11.7. The van der Waals surface area contributed by atoms with Crippen LogP contribution < -0.4 is 5.73 Å². The highest BCUT2D eigenvalue weighted by Gasteiger charge is 2.12. The van der Waals surface area contributed by atoms with Crippen LogP contribution >= 0.6 is 15.9 Å². The van der Waals surface area contributed by atoms with E-state index in [9.17, 15) is 9.59 Å². The van der Waals surface area contributed by atoms with E-state index in [2.05, 4.69) is 20.9 Å². The van der Waals surface area contributed by atoms with Crippen molar-refractivity contribution >= 4 is 27.9 Å². The summed E-state index contributed by atoms with van der Waals surface area (Å²) in [6.07, 6.45) is 2.83. The first-order valence-corrected chi connectivity index (χ1v) is 6.26. The van der Waals surface area contributed by atoms with Crippen LogP contribution in [0.2, 0.25) is 0 Å². The van der Waals surface area contributed by atoms with Crippen LogP contribution in [-0.4, -0.2) is 53.3 Å². The van der Waals surface area contributed by atoms with Gasteiger partial charge in [-0.25, -0.2) is 9.59 Å². The average Bonchev–Trinajstić information content (AvgIpc) is 2.40. The number of nitrogens with zero attached hydrogens (tertiary/aromatic N) is 2. The van der Waals surface area contributed by atoms with Gasteiger partial charge in [-0.15, -0.1) is 0 Å². The Kier molecular flexibility index (Phi) is 6.23. The van der Waals surface area contributed by atoms with E-state index in [-0.39, 0.29) is 11.6 Å². The van der Waals surface area contributed by atoms with Crippen LogP contribution in [0.25, 0.3) is 0 Å². The van der Waals surface area contributed by atoms with E-state index in [1.54, 1.807) is 4.90 Å². The number of carboxylic acid groups (broad SMARTS) is 1. The normalized spacial score (nSPS) is 14.3. The molecule has 0 bridgehead atoms.